The molecule has 112 valence electrons. The highest BCUT2D eigenvalue weighted by Gasteiger charge is 2.18. The monoisotopic (exact) mass is 289 g/mol. The molecule has 21 heavy (non-hydrogen) atoms. The van der Waals surface area contributed by atoms with Crippen LogP contribution in [0.15, 0.2) is 29.1 Å². The molecule has 2 N–H and O–H groups in total. The van der Waals surface area contributed by atoms with Crippen LogP contribution < -0.4 is 10.9 Å². The summed E-state index contributed by atoms with van der Waals surface area (Å²) in [5.41, 5.74) is 1.71. The molecule has 4 nitrogen and oxygen atoms in total. The molecule has 0 saturated heterocycles. The van der Waals surface area contributed by atoms with E-state index in [1.165, 1.54) is 6.07 Å². The molecule has 0 aliphatic rings. The molecular formula is C16H20FN3O. The van der Waals surface area contributed by atoms with Gasteiger partial charge >= 0.3 is 0 Å². The van der Waals surface area contributed by atoms with Crippen molar-refractivity contribution in [3.05, 3.63) is 63.1 Å². The van der Waals surface area contributed by atoms with E-state index in [0.29, 0.717) is 22.6 Å². The largest absolute Gasteiger partial charge is 0.310 e. The first-order valence-electron chi connectivity index (χ1n) is 6.98. The Balaban J connectivity index is 2.25. The van der Waals surface area contributed by atoms with Crippen molar-refractivity contribution in [1.29, 1.82) is 0 Å². The number of nitrogens with zero attached hydrogens (tertiary/aromatic N) is 1. The third-order valence-electron chi connectivity index (χ3n) is 3.57. The smallest absolute Gasteiger partial charge is 0.255 e. The van der Waals surface area contributed by atoms with Gasteiger partial charge in [-0.3, -0.25) is 4.79 Å². The van der Waals surface area contributed by atoms with Gasteiger partial charge in [-0.05, 0) is 33.8 Å². The quantitative estimate of drug-likeness (QED) is 0.910. The third kappa shape index (κ3) is 3.36. The van der Waals surface area contributed by atoms with E-state index < -0.39 is 0 Å². The summed E-state index contributed by atoms with van der Waals surface area (Å²) < 4.78 is 13.8. The van der Waals surface area contributed by atoms with E-state index in [2.05, 4.69) is 15.3 Å². The Labute approximate surface area is 123 Å². The average molecular weight is 289 g/mol. The SMILES string of the molecule is Cc1nc(C)c(C(C)N[C@H](C)c2ccccc2F)c(=O)[nH]1. The highest BCUT2D eigenvalue weighted by atomic mass is 19.1. The fraction of sp³-hybridized carbons (Fsp3) is 0.375. The summed E-state index contributed by atoms with van der Waals surface area (Å²) in [5, 5.41) is 3.25. The van der Waals surface area contributed by atoms with Gasteiger partial charge in [0, 0.05) is 23.3 Å². The van der Waals surface area contributed by atoms with Crippen LogP contribution in [0.2, 0.25) is 0 Å². The molecule has 2 aromatic rings. The maximum absolute atomic E-state index is 13.8. The van der Waals surface area contributed by atoms with Crippen LogP contribution in [0.3, 0.4) is 0 Å². The number of rotatable bonds is 4. The Bertz CT molecular complexity index is 696. The molecule has 0 aliphatic carbocycles. The molecule has 1 unspecified atom stereocenters. The summed E-state index contributed by atoms with van der Waals surface area (Å²) >= 11 is 0. The van der Waals surface area contributed by atoms with Crippen molar-refractivity contribution in [2.45, 2.75) is 39.8 Å². The van der Waals surface area contributed by atoms with E-state index in [4.69, 9.17) is 0 Å². The molecule has 0 radical (unpaired) electrons. The highest BCUT2D eigenvalue weighted by molar-refractivity contribution is 5.23. The lowest BCUT2D eigenvalue weighted by Crippen LogP contribution is -2.30. The van der Waals surface area contributed by atoms with Crippen molar-refractivity contribution in [3.8, 4) is 0 Å². The van der Waals surface area contributed by atoms with Gasteiger partial charge in [0.05, 0.1) is 5.56 Å². The molecule has 0 bridgehead atoms. The molecule has 0 spiro atoms. The molecule has 0 fully saturated rings. The fourth-order valence-electron chi connectivity index (χ4n) is 2.62. The second-order valence-electron chi connectivity index (χ2n) is 5.28. The van der Waals surface area contributed by atoms with Crippen molar-refractivity contribution < 1.29 is 4.39 Å². The van der Waals surface area contributed by atoms with Gasteiger partial charge in [-0.25, -0.2) is 9.37 Å². The number of nitrogens with one attached hydrogen (secondary N) is 2. The molecule has 5 heteroatoms. The topological polar surface area (TPSA) is 57.8 Å². The van der Waals surface area contributed by atoms with Gasteiger partial charge in [0.15, 0.2) is 0 Å². The predicted molar refractivity (Wildman–Crippen MR) is 80.7 cm³/mol. The van der Waals surface area contributed by atoms with Crippen molar-refractivity contribution in [1.82, 2.24) is 15.3 Å². The third-order valence-corrected chi connectivity index (χ3v) is 3.57. The first kappa shape index (κ1) is 15.4. The summed E-state index contributed by atoms with van der Waals surface area (Å²) in [6, 6.07) is 6.20. The molecule has 1 aromatic carbocycles. The van der Waals surface area contributed by atoms with E-state index >= 15 is 0 Å². The van der Waals surface area contributed by atoms with Gasteiger partial charge in [0.2, 0.25) is 0 Å². The van der Waals surface area contributed by atoms with Gasteiger partial charge in [0.25, 0.3) is 5.56 Å². The van der Waals surface area contributed by atoms with Crippen LogP contribution >= 0.6 is 0 Å². The zero-order valence-electron chi connectivity index (χ0n) is 12.7. The maximum atomic E-state index is 13.8. The number of benzene rings is 1. The fourth-order valence-corrected chi connectivity index (χ4v) is 2.62. The Hall–Kier alpha value is -2.01. The van der Waals surface area contributed by atoms with Crippen LogP contribution in [0.4, 0.5) is 4.39 Å². The average Bonchev–Trinajstić information content (AvgIpc) is 2.37. The molecule has 0 amide bonds. The van der Waals surface area contributed by atoms with Crippen LogP contribution in [0.25, 0.3) is 0 Å². The van der Waals surface area contributed by atoms with Crippen LogP contribution in [0.5, 0.6) is 0 Å². The minimum absolute atomic E-state index is 0.152. The highest BCUT2D eigenvalue weighted by Crippen LogP contribution is 2.20. The number of hydrogen-bond acceptors (Lipinski definition) is 3. The number of aromatic nitrogens is 2. The Morgan fingerprint density at radius 1 is 1.19 bits per heavy atom. The zero-order chi connectivity index (χ0) is 15.6. The number of halogens is 1. The van der Waals surface area contributed by atoms with Crippen LogP contribution in [-0.2, 0) is 0 Å². The van der Waals surface area contributed by atoms with Gasteiger partial charge in [-0.2, -0.15) is 0 Å². The van der Waals surface area contributed by atoms with Crippen molar-refractivity contribution in [2.24, 2.45) is 0 Å². The Kier molecular flexibility index (Phi) is 4.53. The van der Waals surface area contributed by atoms with Crippen molar-refractivity contribution >= 4 is 0 Å². The summed E-state index contributed by atoms with van der Waals surface area (Å²) in [4.78, 5) is 19.1. The first-order valence-corrected chi connectivity index (χ1v) is 6.98. The van der Waals surface area contributed by atoms with Gasteiger partial charge in [-0.1, -0.05) is 18.2 Å². The molecule has 0 saturated carbocycles. The Morgan fingerprint density at radius 2 is 1.86 bits per heavy atom. The zero-order valence-corrected chi connectivity index (χ0v) is 12.7. The van der Waals surface area contributed by atoms with E-state index in [1.807, 2.05) is 20.8 Å². The summed E-state index contributed by atoms with van der Waals surface area (Å²) in [6.45, 7) is 7.31. The van der Waals surface area contributed by atoms with Crippen LogP contribution in [-0.4, -0.2) is 9.97 Å². The van der Waals surface area contributed by atoms with Gasteiger partial charge < -0.3 is 10.3 Å². The molecule has 0 aliphatic heterocycles. The molecular weight excluding hydrogens is 269 g/mol. The standard InChI is InChI=1S/C16H20FN3O/c1-9(13-7-5-6-8-14(13)17)18-10(2)15-11(3)19-12(4)20-16(15)21/h5-10,18H,1-4H3,(H,19,20,21)/t9-,10?/m1/s1. The lowest BCUT2D eigenvalue weighted by atomic mass is 10.0. The molecule has 2 atom stereocenters. The minimum Gasteiger partial charge on any atom is -0.310 e. The summed E-state index contributed by atoms with van der Waals surface area (Å²) in [7, 11) is 0. The van der Waals surface area contributed by atoms with Crippen LogP contribution in [0, 0.1) is 19.7 Å². The van der Waals surface area contributed by atoms with Crippen molar-refractivity contribution in [3.63, 3.8) is 0 Å². The van der Waals surface area contributed by atoms with E-state index in [9.17, 15) is 9.18 Å². The second kappa shape index (κ2) is 6.18. The number of H-pyrrole nitrogens is 1. The van der Waals surface area contributed by atoms with E-state index in [1.54, 1.807) is 25.1 Å². The molecule has 1 aromatic heterocycles. The van der Waals surface area contributed by atoms with Gasteiger partial charge in [-0.15, -0.1) is 0 Å². The number of aromatic amines is 1. The molecule has 2 rings (SSSR count). The Morgan fingerprint density at radius 3 is 2.48 bits per heavy atom. The summed E-state index contributed by atoms with van der Waals surface area (Å²) in [6.07, 6.45) is 0. The number of hydrogen-bond donors (Lipinski definition) is 2. The number of aryl methyl sites for hydroxylation is 2. The first-order chi connectivity index (χ1) is 9.90. The molecule has 1 heterocycles. The summed E-state index contributed by atoms with van der Waals surface area (Å²) in [5.74, 6) is 0.341. The maximum Gasteiger partial charge on any atom is 0.255 e. The van der Waals surface area contributed by atoms with Crippen molar-refractivity contribution in [2.75, 3.05) is 0 Å². The lowest BCUT2D eigenvalue weighted by Gasteiger charge is -2.21. The van der Waals surface area contributed by atoms with E-state index in [-0.39, 0.29) is 23.5 Å². The second-order valence-corrected chi connectivity index (χ2v) is 5.28. The minimum atomic E-state index is -0.252. The normalized spacial score (nSPS) is 14.0. The van der Waals surface area contributed by atoms with Gasteiger partial charge in [0.1, 0.15) is 11.6 Å². The predicted octanol–water partition coefficient (Wildman–Crippen LogP) is 2.94. The van der Waals surface area contributed by atoms with Crippen LogP contribution in [0.1, 0.15) is 48.6 Å². The van der Waals surface area contributed by atoms with E-state index in [0.717, 1.165) is 0 Å². The lowest BCUT2D eigenvalue weighted by molar-refractivity contribution is 0.469.